The maximum atomic E-state index is 5.43. The van der Waals surface area contributed by atoms with Crippen LogP contribution in [0.4, 0.5) is 0 Å². The lowest BCUT2D eigenvalue weighted by Crippen LogP contribution is -2.51. The van der Waals surface area contributed by atoms with Crippen LogP contribution in [0.3, 0.4) is 0 Å². The van der Waals surface area contributed by atoms with E-state index >= 15 is 0 Å². The Morgan fingerprint density at radius 3 is 2.58 bits per heavy atom. The number of hydrogen-bond donors (Lipinski definition) is 0. The highest BCUT2D eigenvalue weighted by molar-refractivity contribution is 5.02. The predicted molar refractivity (Wildman–Crippen MR) is 101 cm³/mol. The van der Waals surface area contributed by atoms with E-state index < -0.39 is 0 Å². The number of fused-ring (bicyclic) bond motifs is 1. The smallest absolute Gasteiger partial charge is 0.229 e. The topological polar surface area (TPSA) is 45.4 Å². The van der Waals surface area contributed by atoms with Crippen molar-refractivity contribution >= 4 is 0 Å². The van der Waals surface area contributed by atoms with E-state index in [1.807, 2.05) is 0 Å². The molecule has 2 atom stereocenters. The molecule has 26 heavy (non-hydrogen) atoms. The van der Waals surface area contributed by atoms with Gasteiger partial charge in [0.25, 0.3) is 0 Å². The van der Waals surface area contributed by atoms with Crippen molar-refractivity contribution in [1.82, 2.24) is 19.9 Å². The zero-order valence-electron chi connectivity index (χ0n) is 16.1. The molecule has 1 saturated carbocycles. The number of likely N-dealkylation sites (tertiary alicyclic amines) is 1. The average molecular weight is 359 g/mol. The Kier molecular flexibility index (Phi) is 5.01. The summed E-state index contributed by atoms with van der Waals surface area (Å²) in [6.45, 7) is 6.58. The van der Waals surface area contributed by atoms with Crippen LogP contribution in [0.25, 0.3) is 0 Å². The summed E-state index contributed by atoms with van der Waals surface area (Å²) in [6.07, 6.45) is 13.3. The van der Waals surface area contributed by atoms with Gasteiger partial charge in [0.05, 0.1) is 0 Å². The maximum absolute atomic E-state index is 5.43. The second kappa shape index (κ2) is 7.59. The first kappa shape index (κ1) is 17.2. The summed E-state index contributed by atoms with van der Waals surface area (Å²) in [4.78, 5) is 10.2. The fourth-order valence-corrected chi connectivity index (χ4v) is 5.60. The molecule has 0 amide bonds. The van der Waals surface area contributed by atoms with Crippen molar-refractivity contribution in [2.45, 2.75) is 76.2 Å². The molecule has 5 heteroatoms. The van der Waals surface area contributed by atoms with E-state index in [0.717, 1.165) is 36.0 Å². The molecule has 1 aliphatic carbocycles. The minimum Gasteiger partial charge on any atom is -0.339 e. The van der Waals surface area contributed by atoms with Crippen LogP contribution in [-0.2, 0) is 6.42 Å². The number of aromatic nitrogens is 2. The molecular weight excluding hydrogens is 324 g/mol. The van der Waals surface area contributed by atoms with E-state index in [0.29, 0.717) is 5.92 Å². The third kappa shape index (κ3) is 3.84. The standard InChI is InChI=1S/C21H34N4O/c1-2-10-25-11-3-4-18(19(25)5-1)15-24-12-8-16(9-13-24)14-20-22-21(26-23-20)17-6-7-17/h16-19H,1-15H2/t18-,19+/m0/s1. The van der Waals surface area contributed by atoms with Crippen LogP contribution < -0.4 is 0 Å². The van der Waals surface area contributed by atoms with Crippen LogP contribution in [0, 0.1) is 11.8 Å². The number of rotatable bonds is 5. The second-order valence-corrected chi connectivity index (χ2v) is 9.27. The molecule has 1 aromatic rings. The first-order chi connectivity index (χ1) is 12.8. The molecular formula is C21H34N4O. The summed E-state index contributed by atoms with van der Waals surface area (Å²) in [5.41, 5.74) is 0. The van der Waals surface area contributed by atoms with E-state index in [1.165, 1.54) is 90.5 Å². The maximum Gasteiger partial charge on any atom is 0.229 e. The summed E-state index contributed by atoms with van der Waals surface area (Å²) >= 11 is 0. The zero-order valence-corrected chi connectivity index (χ0v) is 16.1. The highest BCUT2D eigenvalue weighted by Crippen LogP contribution is 2.39. The summed E-state index contributed by atoms with van der Waals surface area (Å²) in [5.74, 6) is 4.09. The van der Waals surface area contributed by atoms with Crippen LogP contribution in [0.5, 0.6) is 0 Å². The first-order valence-corrected chi connectivity index (χ1v) is 11.1. The van der Waals surface area contributed by atoms with Crippen molar-refractivity contribution in [1.29, 1.82) is 0 Å². The van der Waals surface area contributed by atoms with Crippen molar-refractivity contribution in [3.8, 4) is 0 Å². The summed E-state index contributed by atoms with van der Waals surface area (Å²) in [5, 5.41) is 4.22. The van der Waals surface area contributed by atoms with Gasteiger partial charge in [-0.15, -0.1) is 0 Å². The molecule has 5 nitrogen and oxygen atoms in total. The van der Waals surface area contributed by atoms with Gasteiger partial charge in [-0.1, -0.05) is 11.6 Å². The van der Waals surface area contributed by atoms with Gasteiger partial charge in [-0.3, -0.25) is 0 Å². The van der Waals surface area contributed by atoms with Gasteiger partial charge in [0.2, 0.25) is 5.89 Å². The SMILES string of the molecule is C1CCN2CCC[C@@H](CN3CCC(Cc4noc(C5CC5)n4)CC3)[C@H]2C1. The Balaban J connectivity index is 1.09. The molecule has 5 rings (SSSR count). The molecule has 0 bridgehead atoms. The second-order valence-electron chi connectivity index (χ2n) is 9.27. The minimum absolute atomic E-state index is 0.577. The number of hydrogen-bond acceptors (Lipinski definition) is 5. The molecule has 0 N–H and O–H groups in total. The molecule has 4 aliphatic rings. The van der Waals surface area contributed by atoms with Gasteiger partial charge in [0.15, 0.2) is 5.82 Å². The van der Waals surface area contributed by atoms with Crippen molar-refractivity contribution < 1.29 is 4.52 Å². The molecule has 0 unspecified atom stereocenters. The molecule has 4 heterocycles. The Bertz CT molecular complexity index is 589. The van der Waals surface area contributed by atoms with Gasteiger partial charge in [-0.25, -0.2) is 0 Å². The highest BCUT2D eigenvalue weighted by Gasteiger charge is 2.35. The summed E-state index contributed by atoms with van der Waals surface area (Å²) in [6, 6.07) is 0.885. The van der Waals surface area contributed by atoms with Gasteiger partial charge in [0.1, 0.15) is 0 Å². The quantitative estimate of drug-likeness (QED) is 0.806. The van der Waals surface area contributed by atoms with Crippen LogP contribution in [-0.4, -0.2) is 58.7 Å². The monoisotopic (exact) mass is 358 g/mol. The number of nitrogens with zero attached hydrogens (tertiary/aromatic N) is 4. The van der Waals surface area contributed by atoms with Gasteiger partial charge in [-0.05, 0) is 89.4 Å². The lowest BCUT2D eigenvalue weighted by atomic mass is 9.82. The summed E-state index contributed by atoms with van der Waals surface area (Å²) < 4.78 is 5.43. The van der Waals surface area contributed by atoms with E-state index in [4.69, 9.17) is 4.52 Å². The van der Waals surface area contributed by atoms with Crippen molar-refractivity contribution in [3.05, 3.63) is 11.7 Å². The molecule has 3 saturated heterocycles. The lowest BCUT2D eigenvalue weighted by molar-refractivity contribution is 0.0336. The van der Waals surface area contributed by atoms with Gasteiger partial charge in [-0.2, -0.15) is 4.98 Å². The van der Waals surface area contributed by atoms with Gasteiger partial charge in [0, 0.05) is 24.9 Å². The lowest BCUT2D eigenvalue weighted by Gasteiger charge is -2.46. The molecule has 144 valence electrons. The van der Waals surface area contributed by atoms with Gasteiger partial charge >= 0.3 is 0 Å². The number of piperidine rings is 3. The zero-order chi connectivity index (χ0) is 17.3. The molecule has 1 aromatic heterocycles. The van der Waals surface area contributed by atoms with Crippen molar-refractivity contribution in [2.24, 2.45) is 11.8 Å². The molecule has 3 aliphatic heterocycles. The summed E-state index contributed by atoms with van der Waals surface area (Å²) in [7, 11) is 0. The van der Waals surface area contributed by atoms with Gasteiger partial charge < -0.3 is 14.3 Å². The molecule has 4 fully saturated rings. The largest absolute Gasteiger partial charge is 0.339 e. The average Bonchev–Trinajstić information content (AvgIpc) is 3.43. The molecule has 0 aromatic carbocycles. The third-order valence-corrected chi connectivity index (χ3v) is 7.31. The van der Waals surface area contributed by atoms with Crippen LogP contribution in [0.15, 0.2) is 4.52 Å². The fraction of sp³-hybridized carbons (Fsp3) is 0.905. The van der Waals surface area contributed by atoms with Crippen LogP contribution in [0.2, 0.25) is 0 Å². The minimum atomic E-state index is 0.577. The van der Waals surface area contributed by atoms with Crippen molar-refractivity contribution in [2.75, 3.05) is 32.7 Å². The van der Waals surface area contributed by atoms with Crippen LogP contribution in [0.1, 0.15) is 75.4 Å². The van der Waals surface area contributed by atoms with Crippen LogP contribution >= 0.6 is 0 Å². The molecule has 0 radical (unpaired) electrons. The Morgan fingerprint density at radius 2 is 1.73 bits per heavy atom. The normalized spacial score (nSPS) is 31.8. The Hall–Kier alpha value is -0.940. The fourth-order valence-electron chi connectivity index (χ4n) is 5.60. The first-order valence-electron chi connectivity index (χ1n) is 11.1. The van der Waals surface area contributed by atoms with E-state index in [-0.39, 0.29) is 0 Å². The molecule has 0 spiro atoms. The van der Waals surface area contributed by atoms with E-state index in [2.05, 4.69) is 19.9 Å². The Labute approximate surface area is 157 Å². The Morgan fingerprint density at radius 1 is 0.885 bits per heavy atom. The predicted octanol–water partition coefficient (Wildman–Crippen LogP) is 3.47. The van der Waals surface area contributed by atoms with E-state index in [1.54, 1.807) is 0 Å². The van der Waals surface area contributed by atoms with Crippen molar-refractivity contribution in [3.63, 3.8) is 0 Å². The van der Waals surface area contributed by atoms with E-state index in [9.17, 15) is 0 Å². The third-order valence-electron chi connectivity index (χ3n) is 7.31. The highest BCUT2D eigenvalue weighted by atomic mass is 16.5.